The van der Waals surface area contributed by atoms with Crippen LogP contribution >= 0.6 is 11.6 Å². The predicted octanol–water partition coefficient (Wildman–Crippen LogP) is 2.74. The van der Waals surface area contributed by atoms with Crippen LogP contribution in [0.15, 0.2) is 53.6 Å². The van der Waals surface area contributed by atoms with Crippen LogP contribution in [-0.2, 0) is 11.3 Å². The first-order valence-corrected chi connectivity index (χ1v) is 9.74. The van der Waals surface area contributed by atoms with Crippen LogP contribution in [0.25, 0.3) is 10.9 Å². The van der Waals surface area contributed by atoms with E-state index in [2.05, 4.69) is 4.98 Å². The minimum absolute atomic E-state index is 0.0948. The SMILES string of the molecule is CCN(CC1COc2ccccc2O1)C(=O)Cn1cnc2cc(Cl)ccc2c1=O. The molecule has 3 aromatic rings. The van der Waals surface area contributed by atoms with Gasteiger partial charge in [-0.2, -0.15) is 0 Å². The summed E-state index contributed by atoms with van der Waals surface area (Å²) in [5.74, 6) is 1.18. The molecule has 0 radical (unpaired) electrons. The largest absolute Gasteiger partial charge is 0.486 e. The van der Waals surface area contributed by atoms with Crippen molar-refractivity contribution in [3.8, 4) is 11.5 Å². The van der Waals surface area contributed by atoms with Gasteiger partial charge in [0.15, 0.2) is 17.6 Å². The highest BCUT2D eigenvalue weighted by Gasteiger charge is 2.25. The molecule has 0 aliphatic carbocycles. The summed E-state index contributed by atoms with van der Waals surface area (Å²) in [6, 6.07) is 12.3. The fraction of sp³-hybridized carbons (Fsp3) is 0.286. The standard InChI is InChI=1S/C21H20ClN3O4/c1-2-24(10-15-12-28-18-5-3-4-6-19(18)29-15)20(26)11-25-13-23-17-9-14(22)7-8-16(17)21(25)27/h3-9,13,15H,2,10-12H2,1H3. The van der Waals surface area contributed by atoms with Crippen molar-refractivity contribution >= 4 is 28.4 Å². The summed E-state index contributed by atoms with van der Waals surface area (Å²) in [7, 11) is 0. The van der Waals surface area contributed by atoms with Gasteiger partial charge in [0.2, 0.25) is 5.91 Å². The molecule has 0 N–H and O–H groups in total. The molecule has 8 heteroatoms. The van der Waals surface area contributed by atoms with Crippen LogP contribution in [0.1, 0.15) is 6.92 Å². The van der Waals surface area contributed by atoms with E-state index >= 15 is 0 Å². The van der Waals surface area contributed by atoms with Crippen LogP contribution < -0.4 is 15.0 Å². The van der Waals surface area contributed by atoms with Gasteiger partial charge in [-0.25, -0.2) is 4.98 Å². The number of hydrogen-bond acceptors (Lipinski definition) is 5. The maximum absolute atomic E-state index is 12.8. The third-order valence-electron chi connectivity index (χ3n) is 4.82. The molecule has 0 spiro atoms. The van der Waals surface area contributed by atoms with Crippen LogP contribution in [0.3, 0.4) is 0 Å². The van der Waals surface area contributed by atoms with Gasteiger partial charge in [-0.1, -0.05) is 23.7 Å². The minimum atomic E-state index is -0.276. The molecule has 0 saturated carbocycles. The quantitative estimate of drug-likeness (QED) is 0.643. The fourth-order valence-electron chi connectivity index (χ4n) is 3.30. The third kappa shape index (κ3) is 4.05. The van der Waals surface area contributed by atoms with Gasteiger partial charge in [-0.05, 0) is 37.3 Å². The summed E-state index contributed by atoms with van der Waals surface area (Å²) in [6.07, 6.45) is 1.10. The molecule has 1 aliphatic rings. The summed E-state index contributed by atoms with van der Waals surface area (Å²) < 4.78 is 13.0. The number of halogens is 1. The molecular formula is C21H20ClN3O4. The van der Waals surface area contributed by atoms with Crippen molar-refractivity contribution in [3.63, 3.8) is 0 Å². The third-order valence-corrected chi connectivity index (χ3v) is 5.05. The Labute approximate surface area is 172 Å². The summed E-state index contributed by atoms with van der Waals surface area (Å²) in [6.45, 7) is 3.02. The second-order valence-electron chi connectivity index (χ2n) is 6.77. The zero-order chi connectivity index (χ0) is 20.4. The van der Waals surface area contributed by atoms with Crippen LogP contribution in [-0.4, -0.2) is 46.2 Å². The molecule has 0 bridgehead atoms. The summed E-state index contributed by atoms with van der Waals surface area (Å²) in [4.78, 5) is 31.4. The van der Waals surface area contributed by atoms with Gasteiger partial charge in [0.25, 0.3) is 5.56 Å². The Morgan fingerprint density at radius 1 is 1.28 bits per heavy atom. The van der Waals surface area contributed by atoms with Crippen LogP contribution in [0.2, 0.25) is 5.02 Å². The van der Waals surface area contributed by atoms with E-state index in [9.17, 15) is 9.59 Å². The lowest BCUT2D eigenvalue weighted by Gasteiger charge is -2.31. The summed E-state index contributed by atoms with van der Waals surface area (Å²) in [5, 5.41) is 0.931. The van der Waals surface area contributed by atoms with Crippen molar-refractivity contribution in [2.75, 3.05) is 19.7 Å². The average Bonchev–Trinajstić information content (AvgIpc) is 2.73. The van der Waals surface area contributed by atoms with Crippen molar-refractivity contribution in [1.29, 1.82) is 0 Å². The number of carbonyl (C=O) groups excluding carboxylic acids is 1. The lowest BCUT2D eigenvalue weighted by molar-refractivity contribution is -0.133. The van der Waals surface area contributed by atoms with Crippen LogP contribution in [0.4, 0.5) is 0 Å². The molecule has 150 valence electrons. The van der Waals surface area contributed by atoms with Gasteiger partial charge in [-0.15, -0.1) is 0 Å². The maximum atomic E-state index is 12.8. The van der Waals surface area contributed by atoms with Crippen molar-refractivity contribution < 1.29 is 14.3 Å². The molecule has 0 saturated heterocycles. The van der Waals surface area contributed by atoms with Gasteiger partial charge in [0.05, 0.1) is 23.8 Å². The summed E-state index contributed by atoms with van der Waals surface area (Å²) >= 11 is 5.95. The van der Waals surface area contributed by atoms with Crippen molar-refractivity contribution in [3.05, 3.63) is 64.2 Å². The number of amides is 1. The van der Waals surface area contributed by atoms with Gasteiger partial charge >= 0.3 is 0 Å². The van der Waals surface area contributed by atoms with E-state index in [-0.39, 0.29) is 24.1 Å². The first kappa shape index (κ1) is 19.3. The second kappa shape index (κ2) is 8.13. The molecular weight excluding hydrogens is 394 g/mol. The Kier molecular flexibility index (Phi) is 5.40. The van der Waals surface area contributed by atoms with Gasteiger partial charge in [0.1, 0.15) is 13.2 Å². The molecule has 1 atom stereocenters. The van der Waals surface area contributed by atoms with E-state index in [0.29, 0.717) is 47.1 Å². The molecule has 4 rings (SSSR count). The van der Waals surface area contributed by atoms with Crippen molar-refractivity contribution in [2.45, 2.75) is 19.6 Å². The zero-order valence-electron chi connectivity index (χ0n) is 15.9. The molecule has 29 heavy (non-hydrogen) atoms. The van der Waals surface area contributed by atoms with Crippen molar-refractivity contribution in [1.82, 2.24) is 14.5 Å². The number of para-hydroxylation sites is 2. The van der Waals surface area contributed by atoms with Gasteiger partial charge < -0.3 is 14.4 Å². The first-order chi connectivity index (χ1) is 14.0. The Hall–Kier alpha value is -3.06. The van der Waals surface area contributed by atoms with Crippen molar-refractivity contribution in [2.24, 2.45) is 0 Å². The van der Waals surface area contributed by atoms with Gasteiger partial charge in [-0.3, -0.25) is 14.2 Å². The van der Waals surface area contributed by atoms with E-state index in [1.807, 2.05) is 31.2 Å². The molecule has 2 aromatic carbocycles. The average molecular weight is 414 g/mol. The molecule has 1 amide bonds. The van der Waals surface area contributed by atoms with Crippen LogP contribution in [0.5, 0.6) is 11.5 Å². The number of nitrogens with zero attached hydrogens (tertiary/aromatic N) is 3. The number of rotatable bonds is 5. The highest BCUT2D eigenvalue weighted by Crippen LogP contribution is 2.31. The molecule has 1 aliphatic heterocycles. The van der Waals surface area contributed by atoms with E-state index in [1.165, 1.54) is 10.9 Å². The van der Waals surface area contributed by atoms with Crippen LogP contribution in [0, 0.1) is 0 Å². The Balaban J connectivity index is 1.47. The van der Waals surface area contributed by atoms with E-state index in [4.69, 9.17) is 21.1 Å². The number of aromatic nitrogens is 2. The number of carbonyl (C=O) groups is 1. The lowest BCUT2D eigenvalue weighted by Crippen LogP contribution is -2.45. The number of ether oxygens (including phenoxy) is 2. The highest BCUT2D eigenvalue weighted by atomic mass is 35.5. The molecule has 0 fully saturated rings. The Morgan fingerprint density at radius 3 is 2.86 bits per heavy atom. The Morgan fingerprint density at radius 2 is 2.07 bits per heavy atom. The van der Waals surface area contributed by atoms with E-state index < -0.39 is 0 Å². The maximum Gasteiger partial charge on any atom is 0.261 e. The number of fused-ring (bicyclic) bond motifs is 2. The second-order valence-corrected chi connectivity index (χ2v) is 7.21. The molecule has 2 heterocycles. The number of benzene rings is 2. The normalized spacial score (nSPS) is 15.3. The Bertz CT molecular complexity index is 1110. The smallest absolute Gasteiger partial charge is 0.261 e. The predicted molar refractivity (Wildman–Crippen MR) is 110 cm³/mol. The fourth-order valence-corrected chi connectivity index (χ4v) is 3.46. The molecule has 1 unspecified atom stereocenters. The topological polar surface area (TPSA) is 73.7 Å². The lowest BCUT2D eigenvalue weighted by atomic mass is 10.2. The zero-order valence-corrected chi connectivity index (χ0v) is 16.6. The molecule has 1 aromatic heterocycles. The van der Waals surface area contributed by atoms with E-state index in [0.717, 1.165) is 0 Å². The monoisotopic (exact) mass is 413 g/mol. The minimum Gasteiger partial charge on any atom is -0.486 e. The number of hydrogen-bond donors (Lipinski definition) is 0. The van der Waals surface area contributed by atoms with Gasteiger partial charge in [0, 0.05) is 11.6 Å². The molecule has 7 nitrogen and oxygen atoms in total. The summed E-state index contributed by atoms with van der Waals surface area (Å²) in [5.41, 5.74) is 0.229. The highest BCUT2D eigenvalue weighted by molar-refractivity contribution is 6.31. The van der Waals surface area contributed by atoms with E-state index in [1.54, 1.807) is 23.1 Å². The number of likely N-dealkylation sites (N-methyl/N-ethyl adjacent to an activating group) is 1. The first-order valence-electron chi connectivity index (χ1n) is 9.36.